The second kappa shape index (κ2) is 7.07. The smallest absolute Gasteiger partial charge is 0.165 e. The number of rotatable bonds is 7. The summed E-state index contributed by atoms with van der Waals surface area (Å²) in [7, 11) is 0. The monoisotopic (exact) mass is 235 g/mol. The van der Waals surface area contributed by atoms with Crippen molar-refractivity contribution >= 4 is 5.78 Å². The summed E-state index contributed by atoms with van der Waals surface area (Å²) in [5.41, 5.74) is 0.723. The lowest BCUT2D eigenvalue weighted by atomic mass is 10.0. The van der Waals surface area contributed by atoms with Gasteiger partial charge in [0, 0.05) is 18.0 Å². The number of Topliss-reactive ketones (excluding diaryl/α,β-unsaturated/α-hetero) is 1. The summed E-state index contributed by atoms with van der Waals surface area (Å²) < 4.78 is 5.56. The van der Waals surface area contributed by atoms with Crippen molar-refractivity contribution in [3.8, 4) is 5.75 Å². The minimum Gasteiger partial charge on any atom is -0.492 e. The van der Waals surface area contributed by atoms with Crippen molar-refractivity contribution < 1.29 is 9.53 Å². The van der Waals surface area contributed by atoms with E-state index in [2.05, 4.69) is 12.2 Å². The van der Waals surface area contributed by atoms with Gasteiger partial charge >= 0.3 is 0 Å². The van der Waals surface area contributed by atoms with Crippen LogP contribution in [0.5, 0.6) is 5.75 Å². The first-order valence-electron chi connectivity index (χ1n) is 6.13. The maximum atomic E-state index is 11.8. The Morgan fingerprint density at radius 2 is 2.18 bits per heavy atom. The van der Waals surface area contributed by atoms with E-state index in [-0.39, 0.29) is 11.7 Å². The van der Waals surface area contributed by atoms with Crippen molar-refractivity contribution in [1.29, 1.82) is 0 Å². The molecule has 1 N–H and O–H groups in total. The van der Waals surface area contributed by atoms with Gasteiger partial charge in [-0.25, -0.2) is 0 Å². The highest BCUT2D eigenvalue weighted by atomic mass is 16.5. The van der Waals surface area contributed by atoms with E-state index in [1.54, 1.807) is 0 Å². The van der Waals surface area contributed by atoms with E-state index in [9.17, 15) is 4.79 Å². The van der Waals surface area contributed by atoms with E-state index >= 15 is 0 Å². The molecule has 0 saturated heterocycles. The molecule has 0 aliphatic rings. The van der Waals surface area contributed by atoms with Crippen molar-refractivity contribution in [2.75, 3.05) is 19.7 Å². The van der Waals surface area contributed by atoms with Gasteiger partial charge in [0.25, 0.3) is 0 Å². The maximum absolute atomic E-state index is 11.8. The first-order chi connectivity index (χ1) is 8.15. The van der Waals surface area contributed by atoms with Crippen LogP contribution < -0.4 is 10.1 Å². The van der Waals surface area contributed by atoms with Gasteiger partial charge < -0.3 is 10.1 Å². The van der Waals surface area contributed by atoms with Gasteiger partial charge in [0.1, 0.15) is 12.4 Å². The second-order valence-corrected chi connectivity index (χ2v) is 4.25. The fourth-order valence-corrected chi connectivity index (χ4v) is 1.49. The fraction of sp³-hybridized carbons (Fsp3) is 0.500. The number of carbonyl (C=O) groups excluding carboxylic acids is 1. The van der Waals surface area contributed by atoms with Crippen LogP contribution in [0.4, 0.5) is 0 Å². The highest BCUT2D eigenvalue weighted by Gasteiger charge is 2.10. The molecule has 0 saturated carbocycles. The van der Waals surface area contributed by atoms with Crippen LogP contribution in [-0.2, 0) is 0 Å². The van der Waals surface area contributed by atoms with Gasteiger partial charge in [-0.15, -0.1) is 0 Å². The predicted molar refractivity (Wildman–Crippen MR) is 69.6 cm³/mol. The van der Waals surface area contributed by atoms with Gasteiger partial charge in [0.2, 0.25) is 0 Å². The van der Waals surface area contributed by atoms with Gasteiger partial charge in [-0.3, -0.25) is 4.79 Å². The molecule has 94 valence electrons. The van der Waals surface area contributed by atoms with Crippen LogP contribution in [0, 0.1) is 5.92 Å². The molecule has 0 spiro atoms. The number of hydrogen-bond donors (Lipinski definition) is 1. The summed E-state index contributed by atoms with van der Waals surface area (Å²) in [6, 6.07) is 7.38. The SMILES string of the molecule is CCNCCOc1cccc(C(=O)C(C)C)c1. The Balaban J connectivity index is 2.57. The number of benzene rings is 1. The Kier molecular flexibility index (Phi) is 5.70. The molecule has 3 heteroatoms. The lowest BCUT2D eigenvalue weighted by Gasteiger charge is -2.09. The average molecular weight is 235 g/mol. The molecular weight excluding hydrogens is 214 g/mol. The highest BCUT2D eigenvalue weighted by molar-refractivity contribution is 5.97. The molecule has 0 atom stereocenters. The number of carbonyl (C=O) groups is 1. The Morgan fingerprint density at radius 1 is 1.41 bits per heavy atom. The van der Waals surface area contributed by atoms with E-state index in [0.29, 0.717) is 6.61 Å². The van der Waals surface area contributed by atoms with E-state index in [1.165, 1.54) is 0 Å². The molecule has 0 bridgehead atoms. The van der Waals surface area contributed by atoms with Crippen molar-refractivity contribution in [2.24, 2.45) is 5.92 Å². The van der Waals surface area contributed by atoms with Crippen LogP contribution >= 0.6 is 0 Å². The minimum absolute atomic E-state index is 0.0204. The minimum atomic E-state index is 0.0204. The molecule has 0 amide bonds. The van der Waals surface area contributed by atoms with Crippen LogP contribution in [0.3, 0.4) is 0 Å². The third-order valence-corrected chi connectivity index (χ3v) is 2.44. The molecule has 1 aromatic rings. The second-order valence-electron chi connectivity index (χ2n) is 4.25. The maximum Gasteiger partial charge on any atom is 0.165 e. The molecule has 0 unspecified atom stereocenters. The predicted octanol–water partition coefficient (Wildman–Crippen LogP) is 2.51. The summed E-state index contributed by atoms with van der Waals surface area (Å²) in [5, 5.41) is 3.18. The number of hydrogen-bond acceptors (Lipinski definition) is 3. The van der Waals surface area contributed by atoms with Gasteiger partial charge in [-0.2, -0.15) is 0 Å². The van der Waals surface area contributed by atoms with Crippen LogP contribution in [-0.4, -0.2) is 25.5 Å². The van der Waals surface area contributed by atoms with Crippen molar-refractivity contribution in [2.45, 2.75) is 20.8 Å². The third kappa shape index (κ3) is 4.57. The zero-order valence-electron chi connectivity index (χ0n) is 10.8. The number of nitrogens with one attached hydrogen (secondary N) is 1. The Labute approximate surface area is 103 Å². The third-order valence-electron chi connectivity index (χ3n) is 2.44. The van der Waals surface area contributed by atoms with Crippen molar-refractivity contribution in [1.82, 2.24) is 5.32 Å². The number of ether oxygens (including phenoxy) is 1. The molecule has 0 heterocycles. The summed E-state index contributed by atoms with van der Waals surface area (Å²) >= 11 is 0. The van der Waals surface area contributed by atoms with Gasteiger partial charge in [-0.05, 0) is 18.7 Å². The Morgan fingerprint density at radius 3 is 2.82 bits per heavy atom. The molecule has 1 rings (SSSR count). The van der Waals surface area contributed by atoms with E-state index in [1.807, 2.05) is 38.1 Å². The lowest BCUT2D eigenvalue weighted by Crippen LogP contribution is -2.20. The molecule has 0 aromatic heterocycles. The topological polar surface area (TPSA) is 38.3 Å². The quantitative estimate of drug-likeness (QED) is 0.583. The Hall–Kier alpha value is -1.35. The normalized spacial score (nSPS) is 10.6. The van der Waals surface area contributed by atoms with Crippen molar-refractivity contribution in [3.05, 3.63) is 29.8 Å². The van der Waals surface area contributed by atoms with Gasteiger partial charge in [0.15, 0.2) is 5.78 Å². The van der Waals surface area contributed by atoms with Crippen LogP contribution in [0.25, 0.3) is 0 Å². The molecule has 17 heavy (non-hydrogen) atoms. The molecule has 0 aliphatic carbocycles. The number of likely N-dealkylation sites (N-methyl/N-ethyl adjacent to an activating group) is 1. The summed E-state index contributed by atoms with van der Waals surface area (Å²) in [6.45, 7) is 8.24. The van der Waals surface area contributed by atoms with E-state index in [4.69, 9.17) is 4.74 Å². The molecular formula is C14H21NO2. The zero-order valence-corrected chi connectivity index (χ0v) is 10.8. The molecule has 1 aromatic carbocycles. The van der Waals surface area contributed by atoms with Crippen molar-refractivity contribution in [3.63, 3.8) is 0 Å². The molecule has 0 aliphatic heterocycles. The van der Waals surface area contributed by atoms with Gasteiger partial charge in [0.05, 0.1) is 0 Å². The molecule has 0 radical (unpaired) electrons. The standard InChI is InChI=1S/C14H21NO2/c1-4-15-8-9-17-13-7-5-6-12(10-13)14(16)11(2)3/h5-7,10-11,15H,4,8-9H2,1-3H3. The summed E-state index contributed by atoms with van der Waals surface area (Å²) in [6.07, 6.45) is 0. The largest absolute Gasteiger partial charge is 0.492 e. The van der Waals surface area contributed by atoms with E-state index in [0.717, 1.165) is 24.4 Å². The fourth-order valence-electron chi connectivity index (χ4n) is 1.49. The highest BCUT2D eigenvalue weighted by Crippen LogP contribution is 2.16. The summed E-state index contributed by atoms with van der Waals surface area (Å²) in [5.74, 6) is 0.934. The lowest BCUT2D eigenvalue weighted by molar-refractivity contribution is 0.0939. The first-order valence-corrected chi connectivity index (χ1v) is 6.13. The van der Waals surface area contributed by atoms with E-state index < -0.39 is 0 Å². The molecule has 0 fully saturated rings. The van der Waals surface area contributed by atoms with Crippen LogP contribution in [0.2, 0.25) is 0 Å². The number of ketones is 1. The van der Waals surface area contributed by atoms with Gasteiger partial charge in [-0.1, -0.05) is 32.9 Å². The average Bonchev–Trinajstić information content (AvgIpc) is 2.34. The van der Waals surface area contributed by atoms with Crippen LogP contribution in [0.1, 0.15) is 31.1 Å². The Bertz CT molecular complexity index is 361. The van der Waals surface area contributed by atoms with Crippen LogP contribution in [0.15, 0.2) is 24.3 Å². The summed E-state index contributed by atoms with van der Waals surface area (Å²) in [4.78, 5) is 11.8. The molecule has 3 nitrogen and oxygen atoms in total. The first kappa shape index (κ1) is 13.7. The zero-order chi connectivity index (χ0) is 12.7.